The summed E-state index contributed by atoms with van der Waals surface area (Å²) in [5, 5.41) is 0. The number of aryl methyl sites for hydroxylation is 1. The van der Waals surface area contributed by atoms with Gasteiger partial charge >= 0.3 is 0 Å². The molecule has 0 spiro atoms. The number of hydrogen-bond acceptors (Lipinski definition) is 1. The van der Waals surface area contributed by atoms with Gasteiger partial charge in [0.1, 0.15) is 11.6 Å². The lowest BCUT2D eigenvalue weighted by molar-refractivity contribution is -0.116. The van der Waals surface area contributed by atoms with Crippen LogP contribution in [-0.4, -0.2) is 10.4 Å². The maximum Gasteiger partial charge on any atom is 0.134 e. The lowest BCUT2D eigenvalue weighted by Gasteiger charge is -2.09. The molecule has 2 rings (SSSR count). The number of hydrogen-bond donors (Lipinski definition) is 0. The molecule has 0 aliphatic carbocycles. The first-order chi connectivity index (χ1) is 8.49. The van der Waals surface area contributed by atoms with E-state index in [2.05, 4.69) is 0 Å². The molecule has 0 aliphatic heterocycles. The molecule has 0 atom stereocenters. The number of ketones is 1. The molecule has 0 amide bonds. The lowest BCUT2D eigenvalue weighted by atomic mass is 10.1. The van der Waals surface area contributed by atoms with E-state index in [4.69, 9.17) is 0 Å². The van der Waals surface area contributed by atoms with Crippen molar-refractivity contribution >= 4 is 5.78 Å². The average Bonchev–Trinajstić information content (AvgIpc) is 2.55. The van der Waals surface area contributed by atoms with Crippen molar-refractivity contribution in [2.45, 2.75) is 27.2 Å². The first-order valence-electron chi connectivity index (χ1n) is 5.92. The van der Waals surface area contributed by atoms with Gasteiger partial charge < -0.3 is 4.57 Å². The summed E-state index contributed by atoms with van der Waals surface area (Å²) in [6, 6.07) is 8.39. The number of halogens is 1. The molecule has 1 aromatic heterocycles. The van der Waals surface area contributed by atoms with Crippen LogP contribution in [0, 0.1) is 19.7 Å². The maximum atomic E-state index is 12.9. The van der Waals surface area contributed by atoms with Crippen LogP contribution >= 0.6 is 0 Å². The van der Waals surface area contributed by atoms with E-state index in [1.165, 1.54) is 12.1 Å². The Labute approximate surface area is 106 Å². The second kappa shape index (κ2) is 4.77. The minimum atomic E-state index is -0.245. The molecule has 0 fully saturated rings. The molecule has 0 unspecified atom stereocenters. The molecule has 1 heterocycles. The van der Waals surface area contributed by atoms with Gasteiger partial charge in [-0.3, -0.25) is 4.79 Å². The Balaban J connectivity index is 2.48. The number of carbonyl (C=O) groups excluding carboxylic acids is 1. The predicted octanol–water partition coefficient (Wildman–Crippen LogP) is 3.36. The van der Waals surface area contributed by atoms with Gasteiger partial charge in [0.2, 0.25) is 0 Å². The monoisotopic (exact) mass is 245 g/mol. The second-order valence-corrected chi connectivity index (χ2v) is 4.59. The first-order valence-corrected chi connectivity index (χ1v) is 5.92. The van der Waals surface area contributed by atoms with Crippen LogP contribution in [0.25, 0.3) is 5.69 Å². The summed E-state index contributed by atoms with van der Waals surface area (Å²) in [7, 11) is 0. The van der Waals surface area contributed by atoms with Gasteiger partial charge in [0.05, 0.1) is 0 Å². The van der Waals surface area contributed by atoms with Gasteiger partial charge in [0.25, 0.3) is 0 Å². The van der Waals surface area contributed by atoms with Gasteiger partial charge in [-0.15, -0.1) is 0 Å². The summed E-state index contributed by atoms with van der Waals surface area (Å²) < 4.78 is 15.0. The molecule has 3 heteroatoms. The van der Waals surface area contributed by atoms with E-state index >= 15 is 0 Å². The SMILES string of the molecule is CC(=O)Cc1cc(C)n(-c2ccc(F)cc2)c1C. The molecule has 94 valence electrons. The largest absolute Gasteiger partial charge is 0.318 e. The smallest absolute Gasteiger partial charge is 0.134 e. The van der Waals surface area contributed by atoms with E-state index in [0.717, 1.165) is 22.6 Å². The maximum absolute atomic E-state index is 12.9. The van der Waals surface area contributed by atoms with Crippen molar-refractivity contribution < 1.29 is 9.18 Å². The molecule has 2 nitrogen and oxygen atoms in total. The van der Waals surface area contributed by atoms with E-state index in [0.29, 0.717) is 6.42 Å². The van der Waals surface area contributed by atoms with Crippen LogP contribution in [0.3, 0.4) is 0 Å². The van der Waals surface area contributed by atoms with Crippen LogP contribution in [0.5, 0.6) is 0 Å². The van der Waals surface area contributed by atoms with Crippen LogP contribution in [0.4, 0.5) is 4.39 Å². The topological polar surface area (TPSA) is 22.0 Å². The van der Waals surface area contributed by atoms with Crippen LogP contribution in [0.2, 0.25) is 0 Å². The highest BCUT2D eigenvalue weighted by Crippen LogP contribution is 2.21. The third kappa shape index (κ3) is 2.35. The third-order valence-corrected chi connectivity index (χ3v) is 3.06. The highest BCUT2D eigenvalue weighted by atomic mass is 19.1. The Hall–Kier alpha value is -1.90. The van der Waals surface area contributed by atoms with Crippen molar-refractivity contribution in [3.05, 3.63) is 53.1 Å². The van der Waals surface area contributed by atoms with Crippen LogP contribution < -0.4 is 0 Å². The molecule has 0 bridgehead atoms. The Morgan fingerprint density at radius 1 is 1.22 bits per heavy atom. The number of rotatable bonds is 3. The fourth-order valence-corrected chi connectivity index (χ4v) is 2.26. The standard InChI is InChI=1S/C15H16FNO/c1-10-8-13(9-11(2)18)12(3)17(10)15-6-4-14(16)5-7-15/h4-8H,9H2,1-3H3. The molecule has 1 aromatic carbocycles. The number of benzene rings is 1. The normalized spacial score (nSPS) is 10.7. The Morgan fingerprint density at radius 3 is 2.39 bits per heavy atom. The third-order valence-electron chi connectivity index (χ3n) is 3.06. The van der Waals surface area contributed by atoms with Crippen LogP contribution in [0.15, 0.2) is 30.3 Å². The minimum absolute atomic E-state index is 0.148. The van der Waals surface area contributed by atoms with Gasteiger partial charge in [-0.2, -0.15) is 0 Å². The van der Waals surface area contributed by atoms with Crippen molar-refractivity contribution in [3.8, 4) is 5.69 Å². The first kappa shape index (κ1) is 12.6. The van der Waals surface area contributed by atoms with E-state index in [1.54, 1.807) is 19.1 Å². The van der Waals surface area contributed by atoms with E-state index in [1.807, 2.05) is 24.5 Å². The molecule has 0 aliphatic rings. The fourth-order valence-electron chi connectivity index (χ4n) is 2.26. The summed E-state index contributed by atoms with van der Waals surface area (Å²) in [6.45, 7) is 5.55. The van der Waals surface area contributed by atoms with Crippen molar-refractivity contribution in [1.29, 1.82) is 0 Å². The van der Waals surface area contributed by atoms with Crippen molar-refractivity contribution in [2.75, 3.05) is 0 Å². The summed E-state index contributed by atoms with van der Waals surface area (Å²) in [6.07, 6.45) is 0.445. The van der Waals surface area contributed by atoms with Crippen molar-refractivity contribution in [2.24, 2.45) is 0 Å². The minimum Gasteiger partial charge on any atom is -0.318 e. The van der Waals surface area contributed by atoms with Crippen molar-refractivity contribution in [1.82, 2.24) is 4.57 Å². The number of aromatic nitrogens is 1. The zero-order valence-electron chi connectivity index (χ0n) is 10.8. The number of nitrogens with zero attached hydrogens (tertiary/aromatic N) is 1. The Bertz CT molecular complexity index is 581. The van der Waals surface area contributed by atoms with E-state index in [-0.39, 0.29) is 11.6 Å². The molecule has 2 aromatic rings. The molecular weight excluding hydrogens is 229 g/mol. The molecule has 0 N–H and O–H groups in total. The molecular formula is C15H16FNO. The predicted molar refractivity (Wildman–Crippen MR) is 69.6 cm³/mol. The molecule has 0 radical (unpaired) electrons. The number of Topliss-reactive ketones (excluding diaryl/α,β-unsaturated/α-hetero) is 1. The average molecular weight is 245 g/mol. The van der Waals surface area contributed by atoms with E-state index < -0.39 is 0 Å². The second-order valence-electron chi connectivity index (χ2n) is 4.59. The van der Waals surface area contributed by atoms with Crippen LogP contribution in [0.1, 0.15) is 23.9 Å². The number of carbonyl (C=O) groups is 1. The van der Waals surface area contributed by atoms with Crippen molar-refractivity contribution in [3.63, 3.8) is 0 Å². The molecule has 0 saturated heterocycles. The highest BCUT2D eigenvalue weighted by molar-refractivity contribution is 5.78. The summed E-state index contributed by atoms with van der Waals surface area (Å²) >= 11 is 0. The highest BCUT2D eigenvalue weighted by Gasteiger charge is 2.11. The summed E-state index contributed by atoms with van der Waals surface area (Å²) in [5.41, 5.74) is 4.04. The van der Waals surface area contributed by atoms with Crippen LogP contribution in [-0.2, 0) is 11.2 Å². The van der Waals surface area contributed by atoms with E-state index in [9.17, 15) is 9.18 Å². The lowest BCUT2D eigenvalue weighted by Crippen LogP contribution is -2.01. The van der Waals surface area contributed by atoms with Gasteiger partial charge in [-0.1, -0.05) is 0 Å². The van der Waals surface area contributed by atoms with Gasteiger partial charge in [-0.05, 0) is 56.7 Å². The zero-order valence-corrected chi connectivity index (χ0v) is 10.8. The Kier molecular flexibility index (Phi) is 3.32. The fraction of sp³-hybridized carbons (Fsp3) is 0.267. The Morgan fingerprint density at radius 2 is 1.83 bits per heavy atom. The summed E-state index contributed by atoms with van der Waals surface area (Å²) in [4.78, 5) is 11.2. The van der Waals surface area contributed by atoms with Gasteiger partial charge in [0.15, 0.2) is 0 Å². The van der Waals surface area contributed by atoms with Gasteiger partial charge in [-0.25, -0.2) is 4.39 Å². The molecule has 0 saturated carbocycles. The molecule has 18 heavy (non-hydrogen) atoms. The van der Waals surface area contributed by atoms with Gasteiger partial charge in [0, 0.05) is 23.5 Å². The summed E-state index contributed by atoms with van der Waals surface area (Å²) in [5.74, 6) is -0.0977. The zero-order chi connectivity index (χ0) is 13.3. The quantitative estimate of drug-likeness (QED) is 0.812.